The molecule has 3 aromatic carbocycles. The Morgan fingerprint density at radius 1 is 1.03 bits per heavy atom. The molecule has 0 saturated carbocycles. The molecule has 1 aromatic heterocycles. The van der Waals surface area contributed by atoms with Crippen molar-refractivity contribution in [1.82, 2.24) is 14.9 Å². The van der Waals surface area contributed by atoms with Gasteiger partial charge in [0.1, 0.15) is 0 Å². The fourth-order valence-corrected chi connectivity index (χ4v) is 3.78. The highest BCUT2D eigenvalue weighted by Gasteiger charge is 2.18. The molecule has 4 rings (SSSR count). The third-order valence-corrected chi connectivity index (χ3v) is 5.88. The number of hydrogen-bond donors (Lipinski definition) is 2. The molecule has 0 radical (unpaired) electrons. The SMILES string of the molecule is Cn1c(=S)[nH]c2cc(C(=O)NC(c3ccccc3)c3ccc(Br)cc3)ccc2c1=O. The van der Waals surface area contributed by atoms with Gasteiger partial charge in [-0.05, 0) is 53.7 Å². The van der Waals surface area contributed by atoms with Crippen molar-refractivity contribution < 1.29 is 4.79 Å². The second kappa shape index (κ2) is 8.38. The van der Waals surface area contributed by atoms with Crippen LogP contribution in [0.2, 0.25) is 0 Å². The molecule has 1 amide bonds. The zero-order valence-electron chi connectivity index (χ0n) is 16.1. The predicted molar refractivity (Wildman–Crippen MR) is 124 cm³/mol. The number of H-pyrrole nitrogens is 1. The van der Waals surface area contributed by atoms with Crippen LogP contribution >= 0.6 is 28.1 Å². The third kappa shape index (κ3) is 3.99. The zero-order chi connectivity index (χ0) is 21.3. The minimum absolute atomic E-state index is 0.197. The number of hydrogen-bond acceptors (Lipinski definition) is 3. The van der Waals surface area contributed by atoms with Gasteiger partial charge in [-0.15, -0.1) is 0 Å². The lowest BCUT2D eigenvalue weighted by Crippen LogP contribution is -2.29. The number of halogens is 1. The van der Waals surface area contributed by atoms with Gasteiger partial charge in [-0.3, -0.25) is 14.2 Å². The van der Waals surface area contributed by atoms with E-state index < -0.39 is 0 Å². The van der Waals surface area contributed by atoms with Crippen LogP contribution in [0.1, 0.15) is 27.5 Å². The van der Waals surface area contributed by atoms with Crippen LogP contribution in [0.3, 0.4) is 0 Å². The average Bonchev–Trinajstić information content (AvgIpc) is 2.77. The largest absolute Gasteiger partial charge is 0.341 e. The van der Waals surface area contributed by atoms with E-state index in [1.807, 2.05) is 54.6 Å². The Hall–Kier alpha value is -3.03. The summed E-state index contributed by atoms with van der Waals surface area (Å²) in [4.78, 5) is 28.5. The smallest absolute Gasteiger partial charge is 0.261 e. The Morgan fingerprint density at radius 2 is 1.70 bits per heavy atom. The first kappa shape index (κ1) is 20.3. The van der Waals surface area contributed by atoms with Crippen LogP contribution in [0.15, 0.2) is 82.1 Å². The molecule has 0 bridgehead atoms. The molecule has 7 heteroatoms. The third-order valence-electron chi connectivity index (χ3n) is 4.97. The molecule has 0 spiro atoms. The minimum atomic E-state index is -0.315. The molecule has 150 valence electrons. The van der Waals surface area contributed by atoms with Crippen LogP contribution in [-0.4, -0.2) is 15.5 Å². The van der Waals surface area contributed by atoms with Crippen LogP contribution < -0.4 is 10.9 Å². The molecule has 4 aromatic rings. The molecule has 0 aliphatic carbocycles. The van der Waals surface area contributed by atoms with Gasteiger partial charge in [-0.2, -0.15) is 0 Å². The Kier molecular flexibility index (Phi) is 5.65. The van der Waals surface area contributed by atoms with Crippen molar-refractivity contribution in [1.29, 1.82) is 0 Å². The van der Waals surface area contributed by atoms with E-state index in [1.54, 1.807) is 25.2 Å². The molecular weight excluding hydrogens is 462 g/mol. The molecule has 0 fully saturated rings. The second-order valence-electron chi connectivity index (χ2n) is 6.92. The van der Waals surface area contributed by atoms with Crippen molar-refractivity contribution in [2.75, 3.05) is 0 Å². The Morgan fingerprint density at radius 3 is 2.40 bits per heavy atom. The highest BCUT2D eigenvalue weighted by molar-refractivity contribution is 9.10. The second-order valence-corrected chi connectivity index (χ2v) is 8.23. The van der Waals surface area contributed by atoms with Gasteiger partial charge in [-0.25, -0.2) is 0 Å². The van der Waals surface area contributed by atoms with E-state index >= 15 is 0 Å². The van der Waals surface area contributed by atoms with Crippen LogP contribution in [-0.2, 0) is 7.05 Å². The first-order chi connectivity index (χ1) is 14.4. The fraction of sp³-hybridized carbons (Fsp3) is 0.0870. The van der Waals surface area contributed by atoms with Crippen molar-refractivity contribution in [3.63, 3.8) is 0 Å². The average molecular weight is 480 g/mol. The van der Waals surface area contributed by atoms with Gasteiger partial charge in [0.25, 0.3) is 11.5 Å². The summed E-state index contributed by atoms with van der Waals surface area (Å²) in [5.41, 5.74) is 2.72. The van der Waals surface area contributed by atoms with Gasteiger partial charge in [-0.1, -0.05) is 58.4 Å². The van der Waals surface area contributed by atoms with Gasteiger partial charge < -0.3 is 10.3 Å². The summed E-state index contributed by atoms with van der Waals surface area (Å²) >= 11 is 8.64. The lowest BCUT2D eigenvalue weighted by atomic mass is 9.98. The maximum Gasteiger partial charge on any atom is 0.261 e. The number of carbonyl (C=O) groups is 1. The number of aromatic amines is 1. The molecule has 1 heterocycles. The molecule has 2 N–H and O–H groups in total. The lowest BCUT2D eigenvalue weighted by molar-refractivity contribution is 0.0943. The van der Waals surface area contributed by atoms with E-state index in [4.69, 9.17) is 12.2 Å². The van der Waals surface area contributed by atoms with Gasteiger partial charge in [0, 0.05) is 17.1 Å². The van der Waals surface area contributed by atoms with Crippen molar-refractivity contribution in [3.8, 4) is 0 Å². The standard InChI is InChI=1S/C23H18BrN3O2S/c1-27-22(29)18-12-9-16(13-19(18)25-23(27)30)21(28)26-20(14-5-3-2-4-6-14)15-7-10-17(24)11-8-15/h2-13,20H,1H3,(H,25,30)(H,26,28). The number of nitrogens with zero attached hydrogens (tertiary/aromatic N) is 1. The molecule has 1 unspecified atom stereocenters. The van der Waals surface area contributed by atoms with Gasteiger partial charge in [0.15, 0.2) is 4.77 Å². The maximum absolute atomic E-state index is 13.1. The first-order valence-corrected chi connectivity index (χ1v) is 10.5. The summed E-state index contributed by atoms with van der Waals surface area (Å²) in [6.45, 7) is 0. The number of carbonyl (C=O) groups excluding carboxylic acids is 1. The molecule has 0 aliphatic rings. The van der Waals surface area contributed by atoms with Crippen LogP contribution in [0.5, 0.6) is 0 Å². The quantitative estimate of drug-likeness (QED) is 0.410. The normalized spacial score (nSPS) is 11.9. The number of benzene rings is 3. The monoisotopic (exact) mass is 479 g/mol. The van der Waals surface area contributed by atoms with Crippen LogP contribution in [0.25, 0.3) is 10.9 Å². The van der Waals surface area contributed by atoms with Crippen molar-refractivity contribution in [2.45, 2.75) is 6.04 Å². The Labute approximate surface area is 186 Å². The van der Waals surface area contributed by atoms with Gasteiger partial charge in [0.2, 0.25) is 0 Å². The summed E-state index contributed by atoms with van der Waals surface area (Å²) in [5.74, 6) is -0.242. The molecule has 30 heavy (non-hydrogen) atoms. The maximum atomic E-state index is 13.1. The van der Waals surface area contributed by atoms with E-state index in [9.17, 15) is 9.59 Å². The summed E-state index contributed by atoms with van der Waals surface area (Å²) in [6.07, 6.45) is 0. The Bertz CT molecular complexity index is 1350. The molecular formula is C23H18BrN3O2S. The van der Waals surface area contributed by atoms with E-state index in [0.29, 0.717) is 21.2 Å². The highest BCUT2D eigenvalue weighted by atomic mass is 79.9. The summed E-state index contributed by atoms with van der Waals surface area (Å²) in [7, 11) is 1.61. The van der Waals surface area contributed by atoms with E-state index in [1.165, 1.54) is 4.57 Å². The number of aromatic nitrogens is 2. The van der Waals surface area contributed by atoms with Crippen molar-refractivity contribution >= 4 is 45.0 Å². The van der Waals surface area contributed by atoms with Gasteiger partial charge in [0.05, 0.1) is 16.9 Å². The van der Waals surface area contributed by atoms with Crippen LogP contribution in [0.4, 0.5) is 0 Å². The van der Waals surface area contributed by atoms with Crippen molar-refractivity contribution in [2.24, 2.45) is 7.05 Å². The number of fused-ring (bicyclic) bond motifs is 1. The predicted octanol–water partition coefficient (Wildman–Crippen LogP) is 4.88. The van der Waals surface area contributed by atoms with E-state index in [2.05, 4.69) is 26.2 Å². The fourth-order valence-electron chi connectivity index (χ4n) is 3.32. The summed E-state index contributed by atoms with van der Waals surface area (Å²) in [6, 6.07) is 22.3. The van der Waals surface area contributed by atoms with Gasteiger partial charge >= 0.3 is 0 Å². The highest BCUT2D eigenvalue weighted by Crippen LogP contribution is 2.24. The lowest BCUT2D eigenvalue weighted by Gasteiger charge is -2.20. The van der Waals surface area contributed by atoms with Crippen molar-refractivity contribution in [3.05, 3.63) is 109 Å². The molecule has 0 aliphatic heterocycles. The van der Waals surface area contributed by atoms with Crippen LogP contribution in [0, 0.1) is 4.77 Å². The number of amides is 1. The molecule has 5 nitrogen and oxygen atoms in total. The zero-order valence-corrected chi connectivity index (χ0v) is 18.5. The first-order valence-electron chi connectivity index (χ1n) is 9.28. The molecule has 0 saturated heterocycles. The number of rotatable bonds is 4. The Balaban J connectivity index is 1.72. The number of nitrogens with one attached hydrogen (secondary N) is 2. The summed E-state index contributed by atoms with van der Waals surface area (Å²) in [5, 5.41) is 3.59. The topological polar surface area (TPSA) is 66.9 Å². The molecule has 1 atom stereocenters. The summed E-state index contributed by atoms with van der Waals surface area (Å²) < 4.78 is 2.65. The van der Waals surface area contributed by atoms with E-state index in [-0.39, 0.29) is 17.5 Å². The van der Waals surface area contributed by atoms with E-state index in [0.717, 1.165) is 15.6 Å². The minimum Gasteiger partial charge on any atom is -0.341 e.